The Morgan fingerprint density at radius 1 is 1.20 bits per heavy atom. The molecule has 0 radical (unpaired) electrons. The van der Waals surface area contributed by atoms with E-state index in [1.807, 2.05) is 6.07 Å². The largest absolute Gasteiger partial charge is 0.493 e. The van der Waals surface area contributed by atoms with Gasteiger partial charge in [-0.25, -0.2) is 0 Å². The van der Waals surface area contributed by atoms with Crippen molar-refractivity contribution < 1.29 is 22.6 Å². The molecule has 0 aromatic heterocycles. The van der Waals surface area contributed by atoms with E-state index in [1.165, 1.54) is 19.1 Å². The Morgan fingerprint density at radius 2 is 1.92 bits per heavy atom. The van der Waals surface area contributed by atoms with Crippen LogP contribution in [0.5, 0.6) is 11.5 Å². The summed E-state index contributed by atoms with van der Waals surface area (Å²) < 4.78 is 49.9. The zero-order valence-corrected chi connectivity index (χ0v) is 14.4. The van der Waals surface area contributed by atoms with Gasteiger partial charge in [0.15, 0.2) is 11.5 Å². The van der Waals surface area contributed by atoms with Gasteiger partial charge in [-0.15, -0.1) is 0 Å². The van der Waals surface area contributed by atoms with Gasteiger partial charge in [0.1, 0.15) is 5.84 Å². The molecule has 0 spiro atoms. The van der Waals surface area contributed by atoms with Crippen LogP contribution in [0.3, 0.4) is 0 Å². The van der Waals surface area contributed by atoms with Crippen LogP contribution < -0.4 is 9.47 Å². The summed E-state index contributed by atoms with van der Waals surface area (Å²) in [5, 5.41) is -0.0139. The number of amidine groups is 1. The minimum atomic E-state index is -4.48. The van der Waals surface area contributed by atoms with E-state index < -0.39 is 11.7 Å². The molecule has 0 fully saturated rings. The number of halogens is 4. The van der Waals surface area contributed by atoms with Gasteiger partial charge in [0.25, 0.3) is 0 Å². The highest BCUT2D eigenvalue weighted by Crippen LogP contribution is 2.40. The maximum atomic E-state index is 13.1. The number of fused-ring (bicyclic) bond motifs is 1. The number of hydrogen-bond donors (Lipinski definition) is 0. The zero-order chi connectivity index (χ0) is 18.2. The molecule has 8 heteroatoms. The highest BCUT2D eigenvalue weighted by molar-refractivity contribution is 6.43. The van der Waals surface area contributed by atoms with Crippen LogP contribution in [-0.2, 0) is 0 Å². The molecule has 3 rings (SSSR count). The summed E-state index contributed by atoms with van der Waals surface area (Å²) in [6.07, 6.45) is -1.95. The lowest BCUT2D eigenvalue weighted by molar-refractivity contribution is -0.0893. The van der Waals surface area contributed by atoms with Gasteiger partial charge >= 0.3 is 6.18 Å². The van der Waals surface area contributed by atoms with Crippen molar-refractivity contribution in [2.24, 2.45) is 4.99 Å². The van der Waals surface area contributed by atoms with Crippen LogP contribution in [-0.4, -0.2) is 37.7 Å². The molecular weight excluding hydrogens is 357 g/mol. The van der Waals surface area contributed by atoms with E-state index >= 15 is 0 Å². The van der Waals surface area contributed by atoms with E-state index in [2.05, 4.69) is 4.99 Å². The topological polar surface area (TPSA) is 34.1 Å². The first-order valence-corrected chi connectivity index (χ1v) is 7.94. The van der Waals surface area contributed by atoms with E-state index in [4.69, 9.17) is 21.1 Å². The van der Waals surface area contributed by atoms with Crippen LogP contribution in [0.15, 0.2) is 46.1 Å². The molecule has 2 heterocycles. The monoisotopic (exact) mass is 372 g/mol. The lowest BCUT2D eigenvalue weighted by Crippen LogP contribution is -2.38. The van der Waals surface area contributed by atoms with Crippen molar-refractivity contribution in [3.05, 3.63) is 46.6 Å². The molecular formula is C17H16ClF3N2O2. The van der Waals surface area contributed by atoms with Crippen LogP contribution in [0.25, 0.3) is 0 Å². The Kier molecular flexibility index (Phi) is 4.69. The maximum absolute atomic E-state index is 13.1. The summed E-state index contributed by atoms with van der Waals surface area (Å²) in [5.74, 6) is 1.42. The van der Waals surface area contributed by atoms with Gasteiger partial charge in [0, 0.05) is 12.7 Å². The van der Waals surface area contributed by atoms with Crippen LogP contribution in [0.4, 0.5) is 13.2 Å². The Hall–Kier alpha value is -2.15. The molecule has 1 unspecified atom stereocenters. The lowest BCUT2D eigenvalue weighted by atomic mass is 9.98. The zero-order valence-electron chi connectivity index (χ0n) is 13.6. The number of benzene rings is 1. The predicted octanol–water partition coefficient (Wildman–Crippen LogP) is 4.43. The van der Waals surface area contributed by atoms with E-state index in [0.29, 0.717) is 30.3 Å². The first-order valence-electron chi connectivity index (χ1n) is 7.56. The van der Waals surface area contributed by atoms with Crippen molar-refractivity contribution in [1.29, 1.82) is 0 Å². The van der Waals surface area contributed by atoms with Crippen LogP contribution >= 0.6 is 11.6 Å². The van der Waals surface area contributed by atoms with Gasteiger partial charge in [-0.2, -0.15) is 13.2 Å². The first-order chi connectivity index (χ1) is 11.8. The summed E-state index contributed by atoms with van der Waals surface area (Å²) in [7, 11) is 3.04. The van der Waals surface area contributed by atoms with Gasteiger partial charge in [0.2, 0.25) is 0 Å². The standard InChI is InChI=1S/C17H16ClF3N2O2/c1-24-14-4-3-10(7-15(14)25-2)13-5-6-22-16-12(18)8-11(9-23(13)16)17(19,20)21/h3-4,7-9,13H,5-6H2,1-2H3. The molecule has 1 atom stereocenters. The van der Waals surface area contributed by atoms with Gasteiger partial charge in [0.05, 0.1) is 30.9 Å². The molecule has 2 aliphatic heterocycles. The maximum Gasteiger partial charge on any atom is 0.417 e. The third kappa shape index (κ3) is 3.33. The number of alkyl halides is 3. The summed E-state index contributed by atoms with van der Waals surface area (Å²) >= 11 is 6.05. The minimum Gasteiger partial charge on any atom is -0.493 e. The van der Waals surface area contributed by atoms with Crippen molar-refractivity contribution in [2.75, 3.05) is 20.8 Å². The molecule has 1 aromatic carbocycles. The number of ether oxygens (including phenoxy) is 2. The second kappa shape index (κ2) is 6.63. The smallest absolute Gasteiger partial charge is 0.417 e. The molecule has 25 heavy (non-hydrogen) atoms. The van der Waals surface area contributed by atoms with E-state index in [-0.39, 0.29) is 11.1 Å². The Bertz CT molecular complexity index is 772. The number of allylic oxidation sites excluding steroid dienone is 2. The fourth-order valence-corrected chi connectivity index (χ4v) is 3.22. The second-order valence-corrected chi connectivity index (χ2v) is 6.01. The molecule has 4 nitrogen and oxygen atoms in total. The molecule has 0 amide bonds. The van der Waals surface area contributed by atoms with Gasteiger partial charge in [-0.1, -0.05) is 17.7 Å². The van der Waals surface area contributed by atoms with Crippen molar-refractivity contribution in [1.82, 2.24) is 4.90 Å². The van der Waals surface area contributed by atoms with Crippen LogP contribution in [0.2, 0.25) is 0 Å². The molecule has 0 bridgehead atoms. The quantitative estimate of drug-likeness (QED) is 0.787. The van der Waals surface area contributed by atoms with Crippen molar-refractivity contribution in [2.45, 2.75) is 18.6 Å². The summed E-state index contributed by atoms with van der Waals surface area (Å²) in [6.45, 7) is 0.476. The van der Waals surface area contributed by atoms with Gasteiger partial charge < -0.3 is 14.4 Å². The van der Waals surface area contributed by atoms with Gasteiger partial charge in [-0.3, -0.25) is 4.99 Å². The fraction of sp³-hybridized carbons (Fsp3) is 0.353. The molecule has 2 aliphatic rings. The summed E-state index contributed by atoms with van der Waals surface area (Å²) in [5.41, 5.74) is -0.00184. The van der Waals surface area contributed by atoms with Crippen LogP contribution in [0.1, 0.15) is 18.0 Å². The van der Waals surface area contributed by atoms with E-state index in [9.17, 15) is 13.2 Å². The van der Waals surface area contributed by atoms with Crippen molar-refractivity contribution >= 4 is 17.4 Å². The number of rotatable bonds is 3. The first kappa shape index (κ1) is 17.7. The predicted molar refractivity (Wildman–Crippen MR) is 89.1 cm³/mol. The molecule has 134 valence electrons. The SMILES string of the molecule is COc1ccc(C2CCN=C3C(Cl)=CC(C(F)(F)F)=CN32)cc1OC. The van der Waals surface area contributed by atoms with E-state index in [1.54, 1.807) is 12.1 Å². The average Bonchev–Trinajstić information content (AvgIpc) is 2.59. The Morgan fingerprint density at radius 3 is 2.56 bits per heavy atom. The third-order valence-corrected chi connectivity index (χ3v) is 4.42. The Balaban J connectivity index is 2.03. The van der Waals surface area contributed by atoms with Crippen molar-refractivity contribution in [3.8, 4) is 11.5 Å². The van der Waals surface area contributed by atoms with Gasteiger partial charge in [-0.05, 0) is 30.2 Å². The molecule has 0 N–H and O–H groups in total. The average molecular weight is 373 g/mol. The van der Waals surface area contributed by atoms with Crippen molar-refractivity contribution in [3.63, 3.8) is 0 Å². The summed E-state index contributed by atoms with van der Waals surface area (Å²) in [6, 6.07) is 4.98. The second-order valence-electron chi connectivity index (χ2n) is 5.61. The molecule has 1 aromatic rings. The van der Waals surface area contributed by atoms with E-state index in [0.717, 1.165) is 17.8 Å². The normalized spacial score (nSPS) is 20.3. The third-order valence-electron chi connectivity index (χ3n) is 4.14. The fourth-order valence-electron chi connectivity index (χ4n) is 2.94. The molecule has 0 saturated carbocycles. The highest BCUT2D eigenvalue weighted by Gasteiger charge is 2.39. The lowest BCUT2D eigenvalue weighted by Gasteiger charge is -2.37. The molecule has 0 saturated heterocycles. The minimum absolute atomic E-state index is 0.0139. The summed E-state index contributed by atoms with van der Waals surface area (Å²) in [4.78, 5) is 5.76. The number of aliphatic imine (C=N–C) groups is 1. The highest BCUT2D eigenvalue weighted by atomic mass is 35.5. The van der Waals surface area contributed by atoms with Crippen LogP contribution in [0, 0.1) is 0 Å². The Labute approximate surface area is 148 Å². The number of hydrogen-bond acceptors (Lipinski definition) is 4. The number of nitrogens with zero attached hydrogens (tertiary/aromatic N) is 2. The molecule has 0 aliphatic carbocycles. The number of methoxy groups -OCH3 is 2.